The Morgan fingerprint density at radius 2 is 1.82 bits per heavy atom. The van der Waals surface area contributed by atoms with Gasteiger partial charge in [0.05, 0.1) is 25.3 Å². The first kappa shape index (κ1) is 13.7. The number of aliphatic hydroxyl groups is 2. The minimum absolute atomic E-state index is 0.0282. The molecular formula is C10H18N2O5. The largest absolute Gasteiger partial charge is 0.480 e. The number of hydrogen-bond donors (Lipinski definition) is 3. The van der Waals surface area contributed by atoms with Crippen LogP contribution in [0.5, 0.6) is 0 Å². The highest BCUT2D eigenvalue weighted by atomic mass is 16.4. The molecule has 0 saturated carbocycles. The molecule has 1 aliphatic heterocycles. The monoisotopic (exact) mass is 246 g/mol. The average Bonchev–Trinajstić information content (AvgIpc) is 2.58. The van der Waals surface area contributed by atoms with Crippen LogP contribution in [0.15, 0.2) is 0 Å². The van der Waals surface area contributed by atoms with E-state index in [-0.39, 0.29) is 13.1 Å². The zero-order valence-electron chi connectivity index (χ0n) is 9.91. The minimum atomic E-state index is -1.07. The van der Waals surface area contributed by atoms with Crippen molar-refractivity contribution in [2.24, 2.45) is 0 Å². The molecule has 1 saturated heterocycles. The standard InChI is InChI=1S/C10H18N2O5/c1-3-6(9(15)16)11(2)10(17)12-4-7(13)8(14)5-12/h6-8,13-14H,3-5H2,1-2H3,(H,15,16). The molecule has 0 aromatic carbocycles. The van der Waals surface area contributed by atoms with E-state index in [2.05, 4.69) is 0 Å². The van der Waals surface area contributed by atoms with Crippen LogP contribution in [-0.4, -0.2) is 75.5 Å². The van der Waals surface area contributed by atoms with Crippen molar-refractivity contribution < 1.29 is 24.9 Å². The summed E-state index contributed by atoms with van der Waals surface area (Å²) in [6, 6.07) is -1.38. The van der Waals surface area contributed by atoms with Crippen LogP contribution in [0.2, 0.25) is 0 Å². The number of carboxylic acids is 1. The zero-order chi connectivity index (χ0) is 13.2. The summed E-state index contributed by atoms with van der Waals surface area (Å²) in [4.78, 5) is 25.2. The maximum absolute atomic E-state index is 11.9. The average molecular weight is 246 g/mol. The lowest BCUT2D eigenvalue weighted by molar-refractivity contribution is -0.142. The first-order valence-corrected chi connectivity index (χ1v) is 5.49. The minimum Gasteiger partial charge on any atom is -0.480 e. The van der Waals surface area contributed by atoms with Crippen LogP contribution in [0.25, 0.3) is 0 Å². The van der Waals surface area contributed by atoms with Crippen LogP contribution in [0.1, 0.15) is 13.3 Å². The third-order valence-corrected chi connectivity index (χ3v) is 2.97. The second kappa shape index (κ2) is 5.33. The van der Waals surface area contributed by atoms with Gasteiger partial charge in [0.25, 0.3) is 0 Å². The van der Waals surface area contributed by atoms with Gasteiger partial charge in [-0.1, -0.05) is 6.92 Å². The Balaban J connectivity index is 2.67. The molecule has 0 aromatic heterocycles. The van der Waals surface area contributed by atoms with Gasteiger partial charge in [-0.05, 0) is 6.42 Å². The summed E-state index contributed by atoms with van der Waals surface area (Å²) < 4.78 is 0. The van der Waals surface area contributed by atoms with Gasteiger partial charge in [-0.2, -0.15) is 0 Å². The van der Waals surface area contributed by atoms with Gasteiger partial charge in [0, 0.05) is 7.05 Å². The number of likely N-dealkylation sites (N-methyl/N-ethyl adjacent to an activating group) is 1. The van der Waals surface area contributed by atoms with E-state index in [0.29, 0.717) is 6.42 Å². The number of aliphatic hydroxyl groups excluding tert-OH is 2. The molecule has 0 spiro atoms. The molecule has 0 bridgehead atoms. The van der Waals surface area contributed by atoms with Crippen molar-refractivity contribution in [3.8, 4) is 0 Å². The second-order valence-corrected chi connectivity index (χ2v) is 4.20. The quantitative estimate of drug-likeness (QED) is 0.589. The molecule has 1 fully saturated rings. The molecule has 2 amide bonds. The lowest BCUT2D eigenvalue weighted by atomic mass is 10.2. The number of urea groups is 1. The van der Waals surface area contributed by atoms with Gasteiger partial charge in [0.2, 0.25) is 0 Å². The van der Waals surface area contributed by atoms with Gasteiger partial charge in [-0.15, -0.1) is 0 Å². The third kappa shape index (κ3) is 2.86. The summed E-state index contributed by atoms with van der Waals surface area (Å²) in [7, 11) is 1.40. The molecule has 1 aliphatic rings. The number of β-amino-alcohol motifs (C(OH)–C–C–N with tert-alkyl or cyclic N) is 2. The fraction of sp³-hybridized carbons (Fsp3) is 0.800. The molecular weight excluding hydrogens is 228 g/mol. The first-order chi connectivity index (χ1) is 7.88. The van der Waals surface area contributed by atoms with Crippen molar-refractivity contribution in [2.45, 2.75) is 31.6 Å². The van der Waals surface area contributed by atoms with Crippen LogP contribution in [0, 0.1) is 0 Å². The van der Waals surface area contributed by atoms with Gasteiger partial charge in [0.15, 0.2) is 0 Å². The number of hydrogen-bond acceptors (Lipinski definition) is 4. The zero-order valence-corrected chi connectivity index (χ0v) is 9.91. The van der Waals surface area contributed by atoms with Crippen molar-refractivity contribution in [3.63, 3.8) is 0 Å². The van der Waals surface area contributed by atoms with E-state index < -0.39 is 30.3 Å². The van der Waals surface area contributed by atoms with E-state index in [4.69, 9.17) is 5.11 Å². The number of carbonyl (C=O) groups excluding carboxylic acids is 1. The Labute approximate surface area is 99.2 Å². The molecule has 98 valence electrons. The molecule has 0 radical (unpaired) electrons. The normalized spacial score (nSPS) is 25.8. The fourth-order valence-corrected chi connectivity index (χ4v) is 1.90. The van der Waals surface area contributed by atoms with Gasteiger partial charge in [0.1, 0.15) is 6.04 Å². The molecule has 3 N–H and O–H groups in total. The number of carboxylic acid groups (broad SMARTS) is 1. The number of carbonyl (C=O) groups is 2. The van der Waals surface area contributed by atoms with E-state index in [9.17, 15) is 19.8 Å². The van der Waals surface area contributed by atoms with Crippen LogP contribution in [0.4, 0.5) is 4.79 Å². The molecule has 3 atom stereocenters. The molecule has 0 aromatic rings. The van der Waals surface area contributed by atoms with Crippen molar-refractivity contribution in [1.82, 2.24) is 9.80 Å². The Kier molecular flexibility index (Phi) is 4.30. The molecule has 1 rings (SSSR count). The summed E-state index contributed by atoms with van der Waals surface area (Å²) >= 11 is 0. The number of amides is 2. The van der Waals surface area contributed by atoms with Crippen LogP contribution in [-0.2, 0) is 4.79 Å². The Morgan fingerprint density at radius 1 is 1.35 bits per heavy atom. The van der Waals surface area contributed by atoms with Gasteiger partial charge in [-0.25, -0.2) is 9.59 Å². The topological polar surface area (TPSA) is 101 Å². The summed E-state index contributed by atoms with van der Waals surface area (Å²) in [5, 5.41) is 27.6. The van der Waals surface area contributed by atoms with Gasteiger partial charge < -0.3 is 25.1 Å². The predicted octanol–water partition coefficient (Wildman–Crippen LogP) is -1.06. The van der Waals surface area contributed by atoms with Crippen molar-refractivity contribution >= 4 is 12.0 Å². The van der Waals surface area contributed by atoms with Crippen LogP contribution >= 0.6 is 0 Å². The Morgan fingerprint density at radius 3 is 2.18 bits per heavy atom. The van der Waals surface area contributed by atoms with Gasteiger partial charge >= 0.3 is 12.0 Å². The van der Waals surface area contributed by atoms with Crippen LogP contribution < -0.4 is 0 Å². The Hall–Kier alpha value is -1.34. The van der Waals surface area contributed by atoms with E-state index in [1.807, 2.05) is 0 Å². The van der Waals surface area contributed by atoms with E-state index in [1.54, 1.807) is 6.92 Å². The number of likely N-dealkylation sites (tertiary alicyclic amines) is 1. The maximum atomic E-state index is 11.9. The van der Waals surface area contributed by atoms with Crippen molar-refractivity contribution in [2.75, 3.05) is 20.1 Å². The number of rotatable bonds is 3. The highest BCUT2D eigenvalue weighted by molar-refractivity contribution is 5.82. The van der Waals surface area contributed by atoms with Crippen LogP contribution in [0.3, 0.4) is 0 Å². The maximum Gasteiger partial charge on any atom is 0.326 e. The fourth-order valence-electron chi connectivity index (χ4n) is 1.90. The molecule has 3 unspecified atom stereocenters. The van der Waals surface area contributed by atoms with E-state index >= 15 is 0 Å². The van der Waals surface area contributed by atoms with E-state index in [1.165, 1.54) is 11.9 Å². The highest BCUT2D eigenvalue weighted by Gasteiger charge is 2.36. The van der Waals surface area contributed by atoms with E-state index in [0.717, 1.165) is 4.90 Å². The summed E-state index contributed by atoms with van der Waals surface area (Å²) in [6.07, 6.45) is -1.62. The molecule has 7 nitrogen and oxygen atoms in total. The summed E-state index contributed by atoms with van der Waals surface area (Å²) in [5.41, 5.74) is 0. The predicted molar refractivity (Wildman–Crippen MR) is 58.5 cm³/mol. The smallest absolute Gasteiger partial charge is 0.326 e. The Bertz CT molecular complexity index is 299. The number of aliphatic carboxylic acids is 1. The van der Waals surface area contributed by atoms with Crippen molar-refractivity contribution in [1.29, 1.82) is 0 Å². The SMILES string of the molecule is CCC(C(=O)O)N(C)C(=O)N1CC(O)C(O)C1. The van der Waals surface area contributed by atoms with Gasteiger partial charge in [-0.3, -0.25) is 0 Å². The lowest BCUT2D eigenvalue weighted by Crippen LogP contribution is -2.48. The van der Waals surface area contributed by atoms with Crippen molar-refractivity contribution in [3.05, 3.63) is 0 Å². The first-order valence-electron chi connectivity index (χ1n) is 5.49. The summed E-state index contributed by atoms with van der Waals surface area (Å²) in [5.74, 6) is -1.07. The molecule has 17 heavy (non-hydrogen) atoms. The molecule has 7 heteroatoms. The lowest BCUT2D eigenvalue weighted by Gasteiger charge is -2.28. The molecule has 0 aliphatic carbocycles. The number of nitrogens with zero attached hydrogens (tertiary/aromatic N) is 2. The third-order valence-electron chi connectivity index (χ3n) is 2.97. The summed E-state index contributed by atoms with van der Waals surface area (Å²) in [6.45, 7) is 1.73. The second-order valence-electron chi connectivity index (χ2n) is 4.20. The highest BCUT2D eigenvalue weighted by Crippen LogP contribution is 2.14. The molecule has 1 heterocycles.